The molecule has 0 radical (unpaired) electrons. The van der Waals surface area contributed by atoms with Gasteiger partial charge < -0.3 is 20.4 Å². The first-order valence-corrected chi connectivity index (χ1v) is 13.9. The number of hydrogen-bond acceptors (Lipinski definition) is 9. The zero-order valence-electron chi connectivity index (χ0n) is 23.7. The topological polar surface area (TPSA) is 92.8 Å². The van der Waals surface area contributed by atoms with Crippen molar-refractivity contribution in [2.24, 2.45) is 0 Å². The Hall–Kier alpha value is -4.02. The Kier molecular flexibility index (Phi) is 8.57. The fourth-order valence-electron chi connectivity index (χ4n) is 5.15. The number of amides is 1. The van der Waals surface area contributed by atoms with Crippen LogP contribution in [0.5, 0.6) is 0 Å². The highest BCUT2D eigenvalue weighted by atomic mass is 16.2. The zero-order valence-corrected chi connectivity index (χ0v) is 23.7. The standard InChI is InChI=1S/C30H39N9O/c1-22(31-2)26-8-7-25-18-24(26)20-38-14-16-39(17-15-38)21-29(40)37(4)13-5-12-36(3)28-9-6-23(19-33-28)27-10-11-32-30(34-25)35-27/h6-11,18-19,31H,1,5,12-17,20-21H2,2-4H3,(H,32,34,35). The van der Waals surface area contributed by atoms with E-state index in [9.17, 15) is 4.79 Å². The van der Waals surface area contributed by atoms with Crippen LogP contribution in [-0.4, -0.2) is 103 Å². The average molecular weight is 542 g/mol. The van der Waals surface area contributed by atoms with E-state index < -0.39 is 0 Å². The molecule has 0 atom stereocenters. The lowest BCUT2D eigenvalue weighted by Crippen LogP contribution is -2.49. The lowest BCUT2D eigenvalue weighted by molar-refractivity contribution is -0.131. The highest BCUT2D eigenvalue weighted by Gasteiger charge is 2.22. The number of pyridine rings is 1. The van der Waals surface area contributed by atoms with Gasteiger partial charge in [0.2, 0.25) is 11.9 Å². The highest BCUT2D eigenvalue weighted by Crippen LogP contribution is 2.25. The molecule has 8 rings (SSSR count). The lowest BCUT2D eigenvalue weighted by Gasteiger charge is -2.35. The first-order chi connectivity index (χ1) is 19.4. The molecule has 10 nitrogen and oxygen atoms in total. The molecule has 0 unspecified atom stereocenters. The van der Waals surface area contributed by atoms with Gasteiger partial charge in [-0.3, -0.25) is 14.6 Å². The summed E-state index contributed by atoms with van der Waals surface area (Å²) >= 11 is 0. The smallest absolute Gasteiger partial charge is 0.236 e. The molecule has 0 saturated carbocycles. The Bertz CT molecular complexity index is 1340. The number of carbonyl (C=O) groups excluding carboxylic acids is 1. The van der Waals surface area contributed by atoms with Crippen molar-refractivity contribution in [3.8, 4) is 11.3 Å². The van der Waals surface area contributed by atoms with Gasteiger partial charge in [-0.15, -0.1) is 0 Å². The summed E-state index contributed by atoms with van der Waals surface area (Å²) in [5.41, 5.74) is 5.78. The van der Waals surface area contributed by atoms with E-state index in [1.807, 2.05) is 56.5 Å². The van der Waals surface area contributed by atoms with Crippen LogP contribution in [0.25, 0.3) is 17.0 Å². The minimum atomic E-state index is 0.172. The Balaban J connectivity index is 1.44. The van der Waals surface area contributed by atoms with E-state index in [0.29, 0.717) is 19.0 Å². The monoisotopic (exact) mass is 541 g/mol. The molecule has 40 heavy (non-hydrogen) atoms. The molecule has 1 fully saturated rings. The second-order valence-electron chi connectivity index (χ2n) is 10.5. The summed E-state index contributed by atoms with van der Waals surface area (Å²) in [5.74, 6) is 1.59. The van der Waals surface area contributed by atoms with Gasteiger partial charge in [0.05, 0.1) is 12.2 Å². The Morgan fingerprint density at radius 1 is 0.925 bits per heavy atom. The molecule has 1 aromatic carbocycles. The number of benzene rings is 1. The number of carbonyl (C=O) groups is 1. The van der Waals surface area contributed by atoms with Crippen molar-refractivity contribution in [1.29, 1.82) is 0 Å². The van der Waals surface area contributed by atoms with Gasteiger partial charge in [-0.25, -0.2) is 15.0 Å². The van der Waals surface area contributed by atoms with Gasteiger partial charge >= 0.3 is 0 Å². The minimum Gasteiger partial charge on any atom is -0.388 e. The number of anilines is 3. The van der Waals surface area contributed by atoms with Gasteiger partial charge in [0, 0.05) is 102 Å². The van der Waals surface area contributed by atoms with Crippen molar-refractivity contribution in [2.75, 3.05) is 77.2 Å². The van der Waals surface area contributed by atoms with Gasteiger partial charge in [-0.2, -0.15) is 0 Å². The van der Waals surface area contributed by atoms with Crippen molar-refractivity contribution in [3.05, 3.63) is 66.5 Å². The molecule has 8 bridgehead atoms. The maximum absolute atomic E-state index is 12.9. The molecule has 2 N–H and O–H groups in total. The number of rotatable bonds is 2. The fourth-order valence-corrected chi connectivity index (χ4v) is 5.15. The van der Waals surface area contributed by atoms with Crippen LogP contribution >= 0.6 is 0 Å². The Morgan fingerprint density at radius 2 is 1.68 bits per heavy atom. The molecular formula is C30H39N9O. The van der Waals surface area contributed by atoms with Crippen LogP contribution in [0.3, 0.4) is 0 Å². The van der Waals surface area contributed by atoms with Crippen molar-refractivity contribution < 1.29 is 4.79 Å². The SMILES string of the molecule is C=C(NC)c1ccc2cc1CN1CCN(CC1)CC(=O)N(C)CCCN(C)c1ccc(cn1)-c1ccnc(n1)N2. The first kappa shape index (κ1) is 27.5. The molecule has 210 valence electrons. The van der Waals surface area contributed by atoms with Gasteiger partial charge in [0.1, 0.15) is 5.82 Å². The molecular weight excluding hydrogens is 502 g/mol. The Morgan fingerprint density at radius 3 is 2.40 bits per heavy atom. The fraction of sp³-hybridized carbons (Fsp3) is 0.400. The lowest BCUT2D eigenvalue weighted by atomic mass is 10.0. The van der Waals surface area contributed by atoms with Crippen molar-refractivity contribution in [2.45, 2.75) is 13.0 Å². The molecule has 3 aromatic rings. The molecule has 0 spiro atoms. The zero-order chi connectivity index (χ0) is 28.1. The van der Waals surface area contributed by atoms with Crippen molar-refractivity contribution >= 4 is 29.1 Å². The predicted octanol–water partition coefficient (Wildman–Crippen LogP) is 2.89. The maximum Gasteiger partial charge on any atom is 0.236 e. The number of piperazine rings is 1. The van der Waals surface area contributed by atoms with Crippen LogP contribution in [0.2, 0.25) is 0 Å². The van der Waals surface area contributed by atoms with Gasteiger partial charge in [0.15, 0.2) is 0 Å². The molecule has 0 aliphatic carbocycles. The second-order valence-corrected chi connectivity index (χ2v) is 10.5. The van der Waals surface area contributed by atoms with E-state index in [0.717, 1.165) is 79.7 Å². The highest BCUT2D eigenvalue weighted by molar-refractivity contribution is 5.78. The third-order valence-electron chi connectivity index (χ3n) is 7.71. The van der Waals surface area contributed by atoms with Crippen LogP contribution in [-0.2, 0) is 11.3 Å². The normalized spacial score (nSPS) is 20.2. The molecule has 5 aliphatic rings. The minimum absolute atomic E-state index is 0.172. The van der Waals surface area contributed by atoms with Gasteiger partial charge in [0.25, 0.3) is 0 Å². The number of nitrogens with zero attached hydrogens (tertiary/aromatic N) is 7. The number of likely N-dealkylation sites (N-methyl/N-ethyl adjacent to an activating group) is 1. The maximum atomic E-state index is 12.9. The van der Waals surface area contributed by atoms with E-state index in [4.69, 9.17) is 4.98 Å². The molecule has 7 heterocycles. The quantitative estimate of drug-likeness (QED) is 0.508. The molecule has 2 aromatic heterocycles. The Labute approximate surface area is 236 Å². The first-order valence-electron chi connectivity index (χ1n) is 13.9. The van der Waals surface area contributed by atoms with Crippen LogP contribution in [0, 0.1) is 0 Å². The van der Waals surface area contributed by atoms with Crippen LogP contribution in [0.4, 0.5) is 17.5 Å². The van der Waals surface area contributed by atoms with E-state index in [1.165, 1.54) is 5.56 Å². The van der Waals surface area contributed by atoms with E-state index in [-0.39, 0.29) is 5.91 Å². The predicted molar refractivity (Wildman–Crippen MR) is 160 cm³/mol. The van der Waals surface area contributed by atoms with Crippen LogP contribution < -0.4 is 15.5 Å². The summed E-state index contributed by atoms with van der Waals surface area (Å²) in [5, 5.41) is 6.59. The summed E-state index contributed by atoms with van der Waals surface area (Å²) in [6.45, 7) is 10.5. The largest absolute Gasteiger partial charge is 0.388 e. The summed E-state index contributed by atoms with van der Waals surface area (Å²) in [7, 11) is 5.83. The van der Waals surface area contributed by atoms with Crippen molar-refractivity contribution in [3.63, 3.8) is 0 Å². The number of aromatic nitrogens is 3. The van der Waals surface area contributed by atoms with Crippen LogP contribution in [0.15, 0.2) is 55.4 Å². The van der Waals surface area contributed by atoms with E-state index in [2.05, 4.69) is 54.0 Å². The molecule has 10 heteroatoms. The van der Waals surface area contributed by atoms with E-state index >= 15 is 0 Å². The average Bonchev–Trinajstić information content (AvgIpc) is 2.97. The molecule has 1 saturated heterocycles. The number of nitrogens with one attached hydrogen (secondary N) is 2. The van der Waals surface area contributed by atoms with Crippen molar-refractivity contribution in [1.82, 2.24) is 35.0 Å². The second kappa shape index (κ2) is 12.4. The number of hydrogen-bond donors (Lipinski definition) is 2. The van der Waals surface area contributed by atoms with Gasteiger partial charge in [-0.1, -0.05) is 12.6 Å². The summed E-state index contributed by atoms with van der Waals surface area (Å²) in [6.07, 6.45) is 4.48. The van der Waals surface area contributed by atoms with Crippen LogP contribution in [0.1, 0.15) is 17.5 Å². The third-order valence-corrected chi connectivity index (χ3v) is 7.71. The third kappa shape index (κ3) is 6.57. The van der Waals surface area contributed by atoms with E-state index in [1.54, 1.807) is 6.20 Å². The summed E-state index contributed by atoms with van der Waals surface area (Å²) < 4.78 is 0. The molecule has 5 aliphatic heterocycles. The van der Waals surface area contributed by atoms with Gasteiger partial charge in [-0.05, 0) is 42.3 Å². The summed E-state index contributed by atoms with van der Waals surface area (Å²) in [6, 6.07) is 12.2. The molecule has 1 amide bonds. The summed E-state index contributed by atoms with van der Waals surface area (Å²) in [4.78, 5) is 35.5.